The summed E-state index contributed by atoms with van der Waals surface area (Å²) in [5, 5.41) is 7.81. The molecule has 1 aliphatic rings. The first kappa shape index (κ1) is 19.7. The van der Waals surface area contributed by atoms with E-state index >= 15 is 0 Å². The Kier molecular flexibility index (Phi) is 3.99. The highest BCUT2D eigenvalue weighted by Crippen LogP contribution is 2.51. The molecule has 0 amide bonds. The largest absolute Gasteiger partial charge is 0.223 e. The van der Waals surface area contributed by atoms with Crippen molar-refractivity contribution < 1.29 is 0 Å². The van der Waals surface area contributed by atoms with E-state index in [1.54, 1.807) is 0 Å². The Hall–Kier alpha value is -3.75. The number of benzene rings is 5. The highest BCUT2D eigenvalue weighted by atomic mass is 35.5. The van der Waals surface area contributed by atoms with Crippen LogP contribution in [-0.4, -0.2) is 9.97 Å². The molecule has 0 unspecified atom stereocenters. The number of rotatable bonds is 1. The standard InChI is InChI=1S/C31H21ClN2/c1-31(2)26-14-8-7-13-24(26)29-27(31)28(33-30(32)34-29)18-15-16-23-21-11-4-3-9-19(21)20-10-5-6-12-22(20)25(23)17-18/h3-17H,1-2H3. The van der Waals surface area contributed by atoms with Gasteiger partial charge in [0.25, 0.3) is 0 Å². The average Bonchev–Trinajstić information content (AvgIpc) is 3.10. The lowest BCUT2D eigenvalue weighted by Crippen LogP contribution is -2.17. The van der Waals surface area contributed by atoms with Gasteiger partial charge in [-0.1, -0.05) is 98.8 Å². The Morgan fingerprint density at radius 2 is 1.12 bits per heavy atom. The molecular formula is C31H21ClN2. The molecule has 0 bridgehead atoms. The highest BCUT2D eigenvalue weighted by molar-refractivity contribution is 6.28. The molecule has 0 aliphatic heterocycles. The molecule has 0 fully saturated rings. The Morgan fingerprint density at radius 1 is 0.588 bits per heavy atom. The van der Waals surface area contributed by atoms with Gasteiger partial charge in [-0.2, -0.15) is 0 Å². The lowest BCUT2D eigenvalue weighted by molar-refractivity contribution is 0.657. The van der Waals surface area contributed by atoms with Gasteiger partial charge in [0.1, 0.15) is 0 Å². The van der Waals surface area contributed by atoms with Gasteiger partial charge in [0.2, 0.25) is 5.28 Å². The lowest BCUT2D eigenvalue weighted by atomic mass is 9.80. The Labute approximate surface area is 202 Å². The van der Waals surface area contributed by atoms with Gasteiger partial charge in [0.05, 0.1) is 11.4 Å². The predicted molar refractivity (Wildman–Crippen MR) is 143 cm³/mol. The highest BCUT2D eigenvalue weighted by Gasteiger charge is 2.39. The first-order valence-corrected chi connectivity index (χ1v) is 11.9. The third-order valence-electron chi connectivity index (χ3n) is 7.38. The molecule has 0 saturated carbocycles. The number of aromatic nitrogens is 2. The minimum atomic E-state index is -0.216. The summed E-state index contributed by atoms with van der Waals surface area (Å²) in [7, 11) is 0. The number of hydrogen-bond donors (Lipinski definition) is 0. The van der Waals surface area contributed by atoms with Crippen LogP contribution in [0.25, 0.3) is 54.8 Å². The first-order valence-electron chi connectivity index (χ1n) is 11.6. The summed E-state index contributed by atoms with van der Waals surface area (Å²) in [5.74, 6) is 0. The van der Waals surface area contributed by atoms with Crippen LogP contribution in [0.5, 0.6) is 0 Å². The van der Waals surface area contributed by atoms with E-state index in [1.165, 1.54) is 37.9 Å². The van der Waals surface area contributed by atoms with Gasteiger partial charge >= 0.3 is 0 Å². The van der Waals surface area contributed by atoms with Gasteiger partial charge in [-0.05, 0) is 55.5 Å². The summed E-state index contributed by atoms with van der Waals surface area (Å²) in [6, 6.07) is 32.5. The van der Waals surface area contributed by atoms with Crippen molar-refractivity contribution in [3.8, 4) is 22.5 Å². The molecule has 162 valence electrons. The van der Waals surface area contributed by atoms with Gasteiger partial charge in [0.15, 0.2) is 0 Å². The van der Waals surface area contributed by atoms with Crippen molar-refractivity contribution in [2.24, 2.45) is 0 Å². The summed E-state index contributed by atoms with van der Waals surface area (Å²) >= 11 is 6.51. The van der Waals surface area contributed by atoms with Gasteiger partial charge < -0.3 is 0 Å². The third kappa shape index (κ3) is 2.58. The maximum Gasteiger partial charge on any atom is 0.223 e. The maximum atomic E-state index is 6.51. The van der Waals surface area contributed by atoms with Crippen LogP contribution in [0.3, 0.4) is 0 Å². The predicted octanol–water partition coefficient (Wildman–Crippen LogP) is 8.56. The molecule has 0 N–H and O–H groups in total. The summed E-state index contributed by atoms with van der Waals surface area (Å²) in [5.41, 5.74) is 6.25. The minimum Gasteiger partial charge on any atom is -0.218 e. The van der Waals surface area contributed by atoms with Crippen LogP contribution in [0, 0.1) is 0 Å². The van der Waals surface area contributed by atoms with Crippen LogP contribution in [-0.2, 0) is 5.41 Å². The van der Waals surface area contributed by atoms with Crippen molar-refractivity contribution in [2.75, 3.05) is 0 Å². The van der Waals surface area contributed by atoms with E-state index in [4.69, 9.17) is 16.6 Å². The number of halogens is 1. The van der Waals surface area contributed by atoms with Crippen molar-refractivity contribution in [2.45, 2.75) is 19.3 Å². The summed E-state index contributed by atoms with van der Waals surface area (Å²) in [6.45, 7) is 4.50. The second-order valence-electron chi connectivity index (χ2n) is 9.59. The van der Waals surface area contributed by atoms with Crippen LogP contribution in [0.1, 0.15) is 25.0 Å². The second-order valence-corrected chi connectivity index (χ2v) is 9.93. The number of nitrogens with zero attached hydrogens (tertiary/aromatic N) is 2. The fourth-order valence-corrected chi connectivity index (χ4v) is 6.02. The summed E-state index contributed by atoms with van der Waals surface area (Å²) in [4.78, 5) is 9.48. The van der Waals surface area contributed by atoms with Gasteiger partial charge in [-0.15, -0.1) is 0 Å². The number of hydrogen-bond acceptors (Lipinski definition) is 2. The average molecular weight is 457 g/mol. The molecule has 3 heteroatoms. The molecule has 0 atom stereocenters. The SMILES string of the molecule is CC1(C)c2ccccc2-c2nc(Cl)nc(-c3ccc4c5ccccc5c5ccccc5c4c3)c21. The van der Waals surface area contributed by atoms with E-state index in [0.29, 0.717) is 0 Å². The lowest BCUT2D eigenvalue weighted by Gasteiger charge is -2.23. The molecule has 5 aromatic carbocycles. The molecule has 34 heavy (non-hydrogen) atoms. The van der Waals surface area contributed by atoms with Crippen molar-refractivity contribution in [3.05, 3.63) is 107 Å². The van der Waals surface area contributed by atoms with Crippen molar-refractivity contribution in [1.82, 2.24) is 9.97 Å². The van der Waals surface area contributed by atoms with Crippen molar-refractivity contribution in [3.63, 3.8) is 0 Å². The second kappa shape index (κ2) is 6.88. The van der Waals surface area contributed by atoms with Gasteiger partial charge in [-0.25, -0.2) is 9.97 Å². The zero-order chi connectivity index (χ0) is 23.0. The minimum absolute atomic E-state index is 0.216. The maximum absolute atomic E-state index is 6.51. The molecule has 0 radical (unpaired) electrons. The first-order chi connectivity index (χ1) is 16.5. The van der Waals surface area contributed by atoms with E-state index in [0.717, 1.165) is 28.1 Å². The fraction of sp³-hybridized carbons (Fsp3) is 0.0968. The summed E-state index contributed by atoms with van der Waals surface area (Å²) < 4.78 is 0. The van der Waals surface area contributed by atoms with Crippen LogP contribution >= 0.6 is 11.6 Å². The van der Waals surface area contributed by atoms with Crippen LogP contribution in [0.2, 0.25) is 5.28 Å². The van der Waals surface area contributed by atoms with E-state index in [-0.39, 0.29) is 10.7 Å². The molecule has 1 aromatic heterocycles. The quantitative estimate of drug-likeness (QED) is 0.183. The van der Waals surface area contributed by atoms with E-state index < -0.39 is 0 Å². The molecule has 0 spiro atoms. The molecule has 6 aromatic rings. The van der Waals surface area contributed by atoms with E-state index in [2.05, 4.69) is 110 Å². The normalized spacial score (nSPS) is 14.0. The zero-order valence-electron chi connectivity index (χ0n) is 18.9. The number of fused-ring (bicyclic) bond motifs is 9. The van der Waals surface area contributed by atoms with E-state index in [1.807, 2.05) is 0 Å². The topological polar surface area (TPSA) is 25.8 Å². The monoisotopic (exact) mass is 456 g/mol. The molecule has 7 rings (SSSR count). The Morgan fingerprint density at radius 3 is 1.79 bits per heavy atom. The molecular weight excluding hydrogens is 436 g/mol. The Bertz CT molecular complexity index is 1760. The summed E-state index contributed by atoms with van der Waals surface area (Å²) in [6.07, 6.45) is 0. The Balaban J connectivity index is 1.58. The van der Waals surface area contributed by atoms with Crippen molar-refractivity contribution >= 4 is 43.9 Å². The molecule has 2 nitrogen and oxygen atoms in total. The fourth-order valence-electron chi connectivity index (χ4n) is 5.85. The molecule has 1 aliphatic carbocycles. The molecule has 0 saturated heterocycles. The van der Waals surface area contributed by atoms with Crippen molar-refractivity contribution in [1.29, 1.82) is 0 Å². The molecule has 1 heterocycles. The smallest absolute Gasteiger partial charge is 0.218 e. The van der Waals surface area contributed by atoms with Crippen LogP contribution < -0.4 is 0 Å². The third-order valence-corrected chi connectivity index (χ3v) is 7.55. The zero-order valence-corrected chi connectivity index (χ0v) is 19.7. The van der Waals surface area contributed by atoms with Gasteiger partial charge in [-0.3, -0.25) is 0 Å². The van der Waals surface area contributed by atoms with Gasteiger partial charge in [0, 0.05) is 22.1 Å². The van der Waals surface area contributed by atoms with Crippen LogP contribution in [0.15, 0.2) is 91.0 Å². The van der Waals surface area contributed by atoms with E-state index in [9.17, 15) is 0 Å². The van der Waals surface area contributed by atoms with Crippen LogP contribution in [0.4, 0.5) is 0 Å².